The molecule has 0 unspecified atom stereocenters. The lowest BCUT2D eigenvalue weighted by Gasteiger charge is -2.24. The van der Waals surface area contributed by atoms with Crippen LogP contribution < -0.4 is 5.32 Å². The van der Waals surface area contributed by atoms with E-state index in [1.807, 2.05) is 42.5 Å². The highest BCUT2D eigenvalue weighted by Gasteiger charge is 2.19. The maximum absolute atomic E-state index is 12.2. The second kappa shape index (κ2) is 6.98. The zero-order valence-corrected chi connectivity index (χ0v) is 14.1. The summed E-state index contributed by atoms with van der Waals surface area (Å²) in [6.07, 6.45) is 2.74. The zero-order valence-electron chi connectivity index (χ0n) is 14.1. The molecule has 0 radical (unpaired) electrons. The summed E-state index contributed by atoms with van der Waals surface area (Å²) in [7, 11) is 0. The van der Waals surface area contributed by atoms with Crippen LogP contribution in [-0.2, 0) is 17.6 Å². The molecule has 1 aliphatic carbocycles. The summed E-state index contributed by atoms with van der Waals surface area (Å²) in [5.74, 6) is 0.396. The van der Waals surface area contributed by atoms with Crippen molar-refractivity contribution in [2.24, 2.45) is 5.92 Å². The molecule has 1 aliphatic rings. The van der Waals surface area contributed by atoms with Crippen molar-refractivity contribution in [2.75, 3.05) is 11.9 Å². The number of carbonyl (C=O) groups excluding carboxylic acids is 1. The topological polar surface area (TPSA) is 38.3 Å². The van der Waals surface area contributed by atoms with Gasteiger partial charge in [-0.15, -0.1) is 0 Å². The van der Waals surface area contributed by atoms with Gasteiger partial charge in [0.05, 0.1) is 12.3 Å². The predicted molar refractivity (Wildman–Crippen MR) is 101 cm³/mol. The van der Waals surface area contributed by atoms with E-state index >= 15 is 0 Å². The number of fused-ring (bicyclic) bond motifs is 2. The number of nitrogens with one attached hydrogen (secondary N) is 1. The number of hydrogen-bond acceptors (Lipinski definition) is 2. The van der Waals surface area contributed by atoms with Crippen molar-refractivity contribution in [3.05, 3.63) is 77.9 Å². The van der Waals surface area contributed by atoms with Gasteiger partial charge in [-0.1, -0.05) is 60.7 Å². The van der Waals surface area contributed by atoms with Crippen LogP contribution in [0.4, 0.5) is 10.5 Å². The third-order valence-electron chi connectivity index (χ3n) is 4.93. The summed E-state index contributed by atoms with van der Waals surface area (Å²) in [5.41, 5.74) is 3.60. The summed E-state index contributed by atoms with van der Waals surface area (Å²) in [6.45, 7) is 0.463. The summed E-state index contributed by atoms with van der Waals surface area (Å²) < 4.78 is 5.50. The summed E-state index contributed by atoms with van der Waals surface area (Å²) in [4.78, 5) is 12.2. The molecule has 0 spiro atoms. The van der Waals surface area contributed by atoms with Gasteiger partial charge in [-0.3, -0.25) is 5.32 Å². The van der Waals surface area contributed by atoms with E-state index in [4.69, 9.17) is 4.74 Å². The molecule has 1 N–H and O–H groups in total. The van der Waals surface area contributed by atoms with Crippen LogP contribution >= 0.6 is 0 Å². The van der Waals surface area contributed by atoms with E-state index in [2.05, 4.69) is 29.6 Å². The van der Waals surface area contributed by atoms with Gasteiger partial charge in [-0.05, 0) is 47.8 Å². The number of amides is 1. The molecular weight excluding hydrogens is 310 g/mol. The van der Waals surface area contributed by atoms with Crippen molar-refractivity contribution >= 4 is 22.6 Å². The van der Waals surface area contributed by atoms with Gasteiger partial charge in [0.25, 0.3) is 0 Å². The third-order valence-corrected chi connectivity index (χ3v) is 4.93. The molecule has 0 bridgehead atoms. The normalized spacial score (nSPS) is 16.2. The molecule has 126 valence electrons. The maximum Gasteiger partial charge on any atom is 0.411 e. The number of rotatable bonds is 3. The van der Waals surface area contributed by atoms with E-state index in [0.717, 1.165) is 35.7 Å². The van der Waals surface area contributed by atoms with Crippen LogP contribution in [0.15, 0.2) is 66.7 Å². The number of carbonyl (C=O) groups is 1. The first-order valence-corrected chi connectivity index (χ1v) is 8.78. The second-order valence-corrected chi connectivity index (χ2v) is 6.63. The summed E-state index contributed by atoms with van der Waals surface area (Å²) >= 11 is 0. The molecule has 0 aliphatic heterocycles. The van der Waals surface area contributed by atoms with Gasteiger partial charge in [0.15, 0.2) is 0 Å². The molecule has 3 nitrogen and oxygen atoms in total. The Bertz CT molecular complexity index is 898. The fourth-order valence-electron chi connectivity index (χ4n) is 3.59. The van der Waals surface area contributed by atoms with Crippen molar-refractivity contribution in [1.29, 1.82) is 0 Å². The Morgan fingerprint density at radius 2 is 1.72 bits per heavy atom. The van der Waals surface area contributed by atoms with Gasteiger partial charge in [0.2, 0.25) is 0 Å². The van der Waals surface area contributed by atoms with E-state index in [0.29, 0.717) is 12.5 Å². The average molecular weight is 331 g/mol. The van der Waals surface area contributed by atoms with Crippen LogP contribution in [-0.4, -0.2) is 12.7 Å². The Morgan fingerprint density at radius 3 is 2.64 bits per heavy atom. The number of ether oxygens (including phenoxy) is 1. The van der Waals surface area contributed by atoms with Crippen LogP contribution in [0.25, 0.3) is 10.8 Å². The molecule has 1 atom stereocenters. The van der Waals surface area contributed by atoms with Gasteiger partial charge in [0.1, 0.15) is 0 Å². The van der Waals surface area contributed by atoms with E-state index in [1.54, 1.807) is 0 Å². The first kappa shape index (κ1) is 15.7. The quantitative estimate of drug-likeness (QED) is 0.717. The molecule has 0 aromatic heterocycles. The second-order valence-electron chi connectivity index (χ2n) is 6.63. The van der Waals surface area contributed by atoms with Crippen LogP contribution in [0.1, 0.15) is 17.5 Å². The Kier molecular flexibility index (Phi) is 4.38. The van der Waals surface area contributed by atoms with Crippen molar-refractivity contribution in [3.63, 3.8) is 0 Å². The molecule has 0 saturated heterocycles. The smallest absolute Gasteiger partial charge is 0.411 e. The Balaban J connectivity index is 1.37. The zero-order chi connectivity index (χ0) is 17.1. The van der Waals surface area contributed by atoms with Gasteiger partial charge < -0.3 is 4.74 Å². The lowest BCUT2D eigenvalue weighted by molar-refractivity contribution is 0.136. The lowest BCUT2D eigenvalue weighted by Crippen LogP contribution is -2.23. The van der Waals surface area contributed by atoms with Gasteiger partial charge in [-0.25, -0.2) is 4.79 Å². The van der Waals surface area contributed by atoms with Gasteiger partial charge in [0, 0.05) is 5.39 Å². The first-order valence-electron chi connectivity index (χ1n) is 8.78. The van der Waals surface area contributed by atoms with Crippen molar-refractivity contribution in [2.45, 2.75) is 19.3 Å². The van der Waals surface area contributed by atoms with E-state index < -0.39 is 0 Å². The van der Waals surface area contributed by atoms with E-state index in [1.165, 1.54) is 11.1 Å². The molecule has 0 saturated carbocycles. The molecule has 3 aromatic carbocycles. The van der Waals surface area contributed by atoms with Crippen LogP contribution in [0, 0.1) is 5.92 Å². The largest absolute Gasteiger partial charge is 0.449 e. The Morgan fingerprint density at radius 1 is 0.960 bits per heavy atom. The fourth-order valence-corrected chi connectivity index (χ4v) is 3.59. The molecule has 1 amide bonds. The highest BCUT2D eigenvalue weighted by Crippen LogP contribution is 2.26. The van der Waals surface area contributed by atoms with Gasteiger partial charge >= 0.3 is 6.09 Å². The Hall–Kier alpha value is -2.81. The lowest BCUT2D eigenvalue weighted by atomic mass is 9.84. The van der Waals surface area contributed by atoms with E-state index in [-0.39, 0.29) is 6.09 Å². The molecule has 4 rings (SSSR count). The number of benzene rings is 3. The van der Waals surface area contributed by atoms with Gasteiger partial charge in [-0.2, -0.15) is 0 Å². The van der Waals surface area contributed by atoms with Crippen molar-refractivity contribution in [3.8, 4) is 0 Å². The van der Waals surface area contributed by atoms with Crippen molar-refractivity contribution in [1.82, 2.24) is 0 Å². The summed E-state index contributed by atoms with van der Waals surface area (Å²) in [5, 5.41) is 5.01. The number of hydrogen-bond donors (Lipinski definition) is 1. The molecule has 3 heteroatoms. The Labute approximate surface area is 147 Å². The monoisotopic (exact) mass is 331 g/mol. The minimum Gasteiger partial charge on any atom is -0.449 e. The summed E-state index contributed by atoms with van der Waals surface area (Å²) in [6, 6.07) is 22.4. The molecule has 0 heterocycles. The SMILES string of the molecule is O=C(Nc1cccc2ccccc12)OC[C@@H]1CCc2ccccc2C1. The maximum atomic E-state index is 12.2. The third kappa shape index (κ3) is 3.50. The highest BCUT2D eigenvalue weighted by atomic mass is 16.5. The highest BCUT2D eigenvalue weighted by molar-refractivity contribution is 6.00. The van der Waals surface area contributed by atoms with Crippen LogP contribution in [0.2, 0.25) is 0 Å². The molecule has 0 fully saturated rings. The standard InChI is InChI=1S/C22H21NO2/c24-22(23-21-11-5-9-18-7-3-4-10-20(18)21)25-15-16-12-13-17-6-1-2-8-19(17)14-16/h1-11,16H,12-15H2,(H,23,24)/t16-/m1/s1. The molecular formula is C22H21NO2. The van der Waals surface area contributed by atoms with Crippen LogP contribution in [0.5, 0.6) is 0 Å². The average Bonchev–Trinajstić information content (AvgIpc) is 2.66. The predicted octanol–water partition coefficient (Wildman–Crippen LogP) is 5.19. The molecule has 25 heavy (non-hydrogen) atoms. The van der Waals surface area contributed by atoms with Crippen LogP contribution in [0.3, 0.4) is 0 Å². The first-order chi connectivity index (χ1) is 12.3. The van der Waals surface area contributed by atoms with E-state index in [9.17, 15) is 4.79 Å². The number of anilines is 1. The van der Waals surface area contributed by atoms with Crippen molar-refractivity contribution < 1.29 is 9.53 Å². The minimum atomic E-state index is -0.379. The minimum absolute atomic E-state index is 0.379. The fraction of sp³-hybridized carbons (Fsp3) is 0.227. The molecule has 3 aromatic rings. The number of aryl methyl sites for hydroxylation is 1.